The first kappa shape index (κ1) is 7.53. The van der Waals surface area contributed by atoms with Crippen LogP contribution in [0.1, 0.15) is 0 Å². The number of hydrogen-bond acceptors (Lipinski definition) is 5. The van der Waals surface area contributed by atoms with E-state index >= 15 is 0 Å². The van der Waals surface area contributed by atoms with E-state index in [0.29, 0.717) is 11.5 Å². The minimum atomic E-state index is -0.612. The van der Waals surface area contributed by atoms with Crippen LogP contribution in [0.2, 0.25) is 0 Å². The van der Waals surface area contributed by atoms with Crippen LogP contribution in [0.4, 0.5) is 5.82 Å². The van der Waals surface area contributed by atoms with Crippen LogP contribution in [-0.2, 0) is 0 Å². The molecule has 2 rings (SSSR count). The molecule has 0 aliphatic rings. The van der Waals surface area contributed by atoms with E-state index in [2.05, 4.69) is 19.6 Å². The highest BCUT2D eigenvalue weighted by Gasteiger charge is 2.05. The molecule has 0 saturated carbocycles. The molecule has 0 aromatic carbocycles. The van der Waals surface area contributed by atoms with Crippen molar-refractivity contribution in [1.29, 1.82) is 0 Å². The molecule has 66 valence electrons. The number of nitrogens with zero attached hydrogens (tertiary/aromatic N) is 2. The van der Waals surface area contributed by atoms with E-state index in [-0.39, 0.29) is 5.89 Å². The number of pyridine rings is 1. The molecule has 3 N–H and O–H groups in total. The van der Waals surface area contributed by atoms with Crippen LogP contribution in [0.5, 0.6) is 0 Å². The first-order valence-corrected chi connectivity index (χ1v) is 3.54. The van der Waals surface area contributed by atoms with E-state index in [1.807, 2.05) is 0 Å². The number of aromatic nitrogens is 3. The number of hydrogen-bond donors (Lipinski definition) is 2. The topological polar surface area (TPSA) is 97.8 Å². The van der Waals surface area contributed by atoms with E-state index < -0.39 is 5.76 Å². The van der Waals surface area contributed by atoms with Crippen LogP contribution in [0, 0.1) is 0 Å². The van der Waals surface area contributed by atoms with E-state index in [1.165, 1.54) is 0 Å². The van der Waals surface area contributed by atoms with Gasteiger partial charge < -0.3 is 10.2 Å². The van der Waals surface area contributed by atoms with Crippen molar-refractivity contribution in [1.82, 2.24) is 15.2 Å². The summed E-state index contributed by atoms with van der Waals surface area (Å²) in [6.45, 7) is 0. The lowest BCUT2D eigenvalue weighted by Crippen LogP contribution is -1.93. The van der Waals surface area contributed by atoms with Crippen molar-refractivity contribution in [3.63, 3.8) is 0 Å². The fraction of sp³-hybridized carbons (Fsp3) is 0. The Kier molecular flexibility index (Phi) is 1.59. The maximum atomic E-state index is 10.6. The third-order valence-corrected chi connectivity index (χ3v) is 1.43. The van der Waals surface area contributed by atoms with Crippen LogP contribution in [-0.4, -0.2) is 15.2 Å². The monoisotopic (exact) mass is 178 g/mol. The SMILES string of the molecule is Nc1cccc(-c2n[nH]c(=O)o2)n1. The lowest BCUT2D eigenvalue weighted by Gasteiger charge is -1.93. The third kappa shape index (κ3) is 1.41. The minimum absolute atomic E-state index is 0.136. The maximum absolute atomic E-state index is 10.6. The average Bonchev–Trinajstić information content (AvgIpc) is 2.52. The summed E-state index contributed by atoms with van der Waals surface area (Å²) < 4.78 is 4.68. The Balaban J connectivity index is 2.52. The predicted octanol–water partition coefficient (Wildman–Crippen LogP) is 0.00710. The van der Waals surface area contributed by atoms with Crippen LogP contribution in [0.3, 0.4) is 0 Å². The summed E-state index contributed by atoms with van der Waals surface area (Å²) in [4.78, 5) is 14.5. The zero-order valence-corrected chi connectivity index (χ0v) is 6.52. The predicted molar refractivity (Wildman–Crippen MR) is 44.8 cm³/mol. The van der Waals surface area contributed by atoms with Crippen LogP contribution < -0.4 is 11.5 Å². The largest absolute Gasteiger partial charge is 0.434 e. The van der Waals surface area contributed by atoms with Gasteiger partial charge in [-0.25, -0.2) is 14.9 Å². The van der Waals surface area contributed by atoms with Gasteiger partial charge >= 0.3 is 5.76 Å². The normalized spacial score (nSPS) is 10.2. The second kappa shape index (κ2) is 2.74. The molecule has 6 nitrogen and oxygen atoms in total. The van der Waals surface area contributed by atoms with Crippen molar-refractivity contribution >= 4 is 5.82 Å². The van der Waals surface area contributed by atoms with E-state index in [1.54, 1.807) is 18.2 Å². The van der Waals surface area contributed by atoms with Gasteiger partial charge in [0, 0.05) is 0 Å². The number of H-pyrrole nitrogens is 1. The average molecular weight is 178 g/mol. The second-order valence-corrected chi connectivity index (χ2v) is 2.37. The summed E-state index contributed by atoms with van der Waals surface area (Å²) in [6.07, 6.45) is 0. The molecular weight excluding hydrogens is 172 g/mol. The molecule has 0 fully saturated rings. The molecule has 0 saturated heterocycles. The van der Waals surface area contributed by atoms with Gasteiger partial charge in [-0.2, -0.15) is 0 Å². The summed E-state index contributed by atoms with van der Waals surface area (Å²) in [5.74, 6) is -0.125. The fourth-order valence-electron chi connectivity index (χ4n) is 0.910. The number of nitrogen functional groups attached to an aromatic ring is 1. The first-order valence-electron chi connectivity index (χ1n) is 3.54. The molecule has 0 spiro atoms. The van der Waals surface area contributed by atoms with Gasteiger partial charge in [-0.05, 0) is 12.1 Å². The molecule has 2 heterocycles. The molecule has 0 amide bonds. The Hall–Kier alpha value is -2.11. The zero-order chi connectivity index (χ0) is 9.26. The van der Waals surface area contributed by atoms with Gasteiger partial charge in [-0.15, -0.1) is 5.10 Å². The summed E-state index contributed by atoms with van der Waals surface area (Å²) >= 11 is 0. The quantitative estimate of drug-likeness (QED) is 0.640. The first-order chi connectivity index (χ1) is 6.25. The Bertz CT molecular complexity index is 473. The molecule has 0 aliphatic carbocycles. The molecular formula is C7H6N4O2. The summed E-state index contributed by atoms with van der Waals surface area (Å²) in [6, 6.07) is 4.98. The van der Waals surface area contributed by atoms with Gasteiger partial charge in [0.25, 0.3) is 5.89 Å². The number of anilines is 1. The van der Waals surface area contributed by atoms with Crippen LogP contribution in [0.15, 0.2) is 27.4 Å². The molecule has 0 unspecified atom stereocenters. The van der Waals surface area contributed by atoms with Crippen LogP contribution in [0.25, 0.3) is 11.6 Å². The van der Waals surface area contributed by atoms with Crippen molar-refractivity contribution in [2.24, 2.45) is 0 Å². The van der Waals surface area contributed by atoms with Gasteiger partial charge in [0.15, 0.2) is 0 Å². The molecule has 2 aromatic rings. The van der Waals surface area contributed by atoms with E-state index in [0.717, 1.165) is 0 Å². The minimum Gasteiger partial charge on any atom is -0.386 e. The van der Waals surface area contributed by atoms with Crippen LogP contribution >= 0.6 is 0 Å². The third-order valence-electron chi connectivity index (χ3n) is 1.43. The van der Waals surface area contributed by atoms with Crippen molar-refractivity contribution in [3.05, 3.63) is 28.7 Å². The maximum Gasteiger partial charge on any atom is 0.434 e. The second-order valence-electron chi connectivity index (χ2n) is 2.37. The summed E-state index contributed by atoms with van der Waals surface area (Å²) in [5.41, 5.74) is 5.86. The molecule has 0 aliphatic heterocycles. The standard InChI is InChI=1S/C7H6N4O2/c8-5-3-1-2-4(9-5)6-10-11-7(12)13-6/h1-3H,(H2,8,9)(H,11,12). The van der Waals surface area contributed by atoms with Crippen molar-refractivity contribution in [2.75, 3.05) is 5.73 Å². The fourth-order valence-corrected chi connectivity index (χ4v) is 0.910. The van der Waals surface area contributed by atoms with Crippen molar-refractivity contribution < 1.29 is 4.42 Å². The highest BCUT2D eigenvalue weighted by Crippen LogP contribution is 2.12. The lowest BCUT2D eigenvalue weighted by atomic mass is 10.3. The highest BCUT2D eigenvalue weighted by atomic mass is 16.4. The smallest absolute Gasteiger partial charge is 0.386 e. The Labute approximate surface area is 72.4 Å². The molecule has 2 aromatic heterocycles. The van der Waals surface area contributed by atoms with Gasteiger partial charge in [-0.3, -0.25) is 0 Å². The Morgan fingerprint density at radius 2 is 2.31 bits per heavy atom. The Morgan fingerprint density at radius 3 is 2.92 bits per heavy atom. The summed E-state index contributed by atoms with van der Waals surface area (Å²) in [7, 11) is 0. The number of rotatable bonds is 1. The van der Waals surface area contributed by atoms with Crippen molar-refractivity contribution in [3.8, 4) is 11.6 Å². The van der Waals surface area contributed by atoms with Gasteiger partial charge in [0.2, 0.25) is 0 Å². The van der Waals surface area contributed by atoms with Gasteiger partial charge in [0.1, 0.15) is 11.5 Å². The summed E-state index contributed by atoms with van der Waals surface area (Å²) in [5, 5.41) is 5.74. The molecule has 13 heavy (non-hydrogen) atoms. The number of nitrogens with two attached hydrogens (primary N) is 1. The zero-order valence-electron chi connectivity index (χ0n) is 6.52. The number of aromatic amines is 1. The van der Waals surface area contributed by atoms with Gasteiger partial charge in [-0.1, -0.05) is 6.07 Å². The Morgan fingerprint density at radius 1 is 1.46 bits per heavy atom. The van der Waals surface area contributed by atoms with Gasteiger partial charge in [0.05, 0.1) is 0 Å². The van der Waals surface area contributed by atoms with E-state index in [4.69, 9.17) is 5.73 Å². The van der Waals surface area contributed by atoms with Crippen molar-refractivity contribution in [2.45, 2.75) is 0 Å². The lowest BCUT2D eigenvalue weighted by molar-refractivity contribution is 0.525. The highest BCUT2D eigenvalue weighted by molar-refractivity contribution is 5.49. The molecule has 0 radical (unpaired) electrons. The molecule has 0 atom stereocenters. The van der Waals surface area contributed by atoms with E-state index in [9.17, 15) is 4.79 Å². The molecule has 0 bridgehead atoms. The molecule has 6 heteroatoms. The number of nitrogens with one attached hydrogen (secondary N) is 1.